The Labute approximate surface area is 168 Å². The fourth-order valence-electron chi connectivity index (χ4n) is 3.67. The van der Waals surface area contributed by atoms with Crippen LogP contribution >= 0.6 is 0 Å². The summed E-state index contributed by atoms with van der Waals surface area (Å²) in [6.45, 7) is 2.28. The van der Waals surface area contributed by atoms with Crippen molar-refractivity contribution in [3.63, 3.8) is 0 Å². The van der Waals surface area contributed by atoms with Crippen molar-refractivity contribution >= 4 is 17.6 Å². The van der Waals surface area contributed by atoms with Crippen molar-refractivity contribution in [3.8, 4) is 0 Å². The maximum Gasteiger partial charge on any atom is 0.252 e. The molecule has 29 heavy (non-hydrogen) atoms. The molecule has 3 aromatic heterocycles. The Morgan fingerprint density at radius 1 is 1.14 bits per heavy atom. The number of carbonyl (C=O) groups excluding carboxylic acids is 2. The highest BCUT2D eigenvalue weighted by Crippen LogP contribution is 2.21. The Morgan fingerprint density at radius 2 is 1.90 bits per heavy atom. The molecule has 2 amide bonds. The maximum absolute atomic E-state index is 13.3. The van der Waals surface area contributed by atoms with Crippen LogP contribution in [0.1, 0.15) is 22.1 Å². The monoisotopic (exact) mass is 393 g/mol. The Morgan fingerprint density at radius 3 is 2.55 bits per heavy atom. The summed E-state index contributed by atoms with van der Waals surface area (Å²) in [7, 11) is 0. The first-order chi connectivity index (χ1) is 14.1. The van der Waals surface area contributed by atoms with E-state index < -0.39 is 5.91 Å². The van der Waals surface area contributed by atoms with Crippen molar-refractivity contribution in [1.29, 1.82) is 0 Å². The van der Waals surface area contributed by atoms with Crippen molar-refractivity contribution in [2.24, 2.45) is 5.73 Å². The number of aromatic amines is 1. The number of H-pyrrole nitrogens is 1. The van der Waals surface area contributed by atoms with Gasteiger partial charge in [0, 0.05) is 63.1 Å². The number of hydrogen-bond donors (Lipinski definition) is 2. The highest BCUT2D eigenvalue weighted by Gasteiger charge is 2.30. The first-order valence-electron chi connectivity index (χ1n) is 9.52. The van der Waals surface area contributed by atoms with Crippen molar-refractivity contribution < 1.29 is 9.59 Å². The van der Waals surface area contributed by atoms with Crippen LogP contribution in [-0.4, -0.2) is 62.4 Å². The van der Waals surface area contributed by atoms with E-state index in [1.807, 2.05) is 38.9 Å². The lowest BCUT2D eigenvalue weighted by molar-refractivity contribution is -0.135. The van der Waals surface area contributed by atoms with Crippen LogP contribution in [0.5, 0.6) is 0 Å². The summed E-state index contributed by atoms with van der Waals surface area (Å²) >= 11 is 0. The third kappa shape index (κ3) is 3.98. The molecule has 9 nitrogen and oxygen atoms in total. The predicted molar refractivity (Wildman–Crippen MR) is 107 cm³/mol. The number of pyridine rings is 1. The minimum absolute atomic E-state index is 0.0617. The molecule has 0 spiro atoms. The first kappa shape index (κ1) is 18.7. The molecule has 0 aliphatic carbocycles. The van der Waals surface area contributed by atoms with E-state index in [9.17, 15) is 9.59 Å². The second-order valence-corrected chi connectivity index (χ2v) is 6.98. The molecule has 4 heterocycles. The van der Waals surface area contributed by atoms with Crippen LogP contribution in [0.2, 0.25) is 0 Å². The fourth-order valence-corrected chi connectivity index (χ4v) is 3.67. The van der Waals surface area contributed by atoms with E-state index in [0.717, 1.165) is 5.69 Å². The second-order valence-electron chi connectivity index (χ2n) is 6.98. The molecule has 0 saturated carbocycles. The molecule has 9 heteroatoms. The zero-order valence-corrected chi connectivity index (χ0v) is 15.9. The van der Waals surface area contributed by atoms with Crippen LogP contribution in [0, 0.1) is 0 Å². The summed E-state index contributed by atoms with van der Waals surface area (Å²) < 4.78 is 1.93. The van der Waals surface area contributed by atoms with Gasteiger partial charge in [-0.1, -0.05) is 0 Å². The largest absolute Gasteiger partial charge is 0.365 e. The van der Waals surface area contributed by atoms with Crippen molar-refractivity contribution in [3.05, 3.63) is 66.6 Å². The molecule has 0 aromatic carbocycles. The van der Waals surface area contributed by atoms with Gasteiger partial charge in [0.05, 0.1) is 11.9 Å². The average Bonchev–Trinajstić information content (AvgIpc) is 3.46. The lowest BCUT2D eigenvalue weighted by atomic mass is 10.1. The molecule has 1 unspecified atom stereocenters. The minimum atomic E-state index is -0.501. The lowest BCUT2D eigenvalue weighted by Crippen LogP contribution is -2.51. The zero-order valence-electron chi connectivity index (χ0n) is 15.9. The molecule has 1 fully saturated rings. The van der Waals surface area contributed by atoms with Gasteiger partial charge in [0.15, 0.2) is 0 Å². The number of nitrogens with two attached hydrogens (primary N) is 1. The quantitative estimate of drug-likeness (QED) is 0.644. The van der Waals surface area contributed by atoms with Gasteiger partial charge in [0.25, 0.3) is 5.91 Å². The normalized spacial score (nSPS) is 15.3. The standard InChI is InChI=1S/C20H23N7O2/c21-18(28)16-4-3-5-23-19(16)26-8-10-27(11-9-26)20(29)17(25-6-1-2-7-25)12-15-13-22-14-24-15/h1-7,13-14,17H,8-12H2,(H2,21,28)(H,22,24). The molecule has 0 bridgehead atoms. The molecular weight excluding hydrogens is 370 g/mol. The van der Waals surface area contributed by atoms with Crippen LogP contribution in [0.15, 0.2) is 55.4 Å². The number of nitrogens with zero attached hydrogens (tertiary/aromatic N) is 5. The summed E-state index contributed by atoms with van der Waals surface area (Å²) in [6.07, 6.45) is 9.36. The third-order valence-electron chi connectivity index (χ3n) is 5.18. The Balaban J connectivity index is 1.47. The van der Waals surface area contributed by atoms with Gasteiger partial charge in [0.1, 0.15) is 11.9 Å². The van der Waals surface area contributed by atoms with Gasteiger partial charge < -0.3 is 25.1 Å². The van der Waals surface area contributed by atoms with Gasteiger partial charge in [-0.15, -0.1) is 0 Å². The van der Waals surface area contributed by atoms with Crippen LogP contribution in [-0.2, 0) is 11.2 Å². The SMILES string of the molecule is NC(=O)c1cccnc1N1CCN(C(=O)C(Cc2cnc[nH]2)n2cccc2)CC1. The summed E-state index contributed by atoms with van der Waals surface area (Å²) in [4.78, 5) is 40.3. The van der Waals surface area contributed by atoms with Crippen LogP contribution in [0.3, 0.4) is 0 Å². The van der Waals surface area contributed by atoms with E-state index >= 15 is 0 Å². The maximum atomic E-state index is 13.3. The summed E-state index contributed by atoms with van der Waals surface area (Å²) in [5.74, 6) is 0.136. The van der Waals surface area contributed by atoms with Crippen LogP contribution in [0.4, 0.5) is 5.82 Å². The molecule has 1 saturated heterocycles. The highest BCUT2D eigenvalue weighted by atomic mass is 16.2. The number of amides is 2. The van der Waals surface area contributed by atoms with Crippen LogP contribution in [0.25, 0.3) is 0 Å². The third-order valence-corrected chi connectivity index (χ3v) is 5.18. The Hall–Kier alpha value is -3.62. The van der Waals surface area contributed by atoms with Gasteiger partial charge in [-0.2, -0.15) is 0 Å². The number of primary amides is 1. The number of anilines is 1. The lowest BCUT2D eigenvalue weighted by Gasteiger charge is -2.37. The molecule has 1 aliphatic rings. The second kappa shape index (κ2) is 8.17. The van der Waals surface area contributed by atoms with Crippen LogP contribution < -0.4 is 10.6 Å². The van der Waals surface area contributed by atoms with E-state index in [1.165, 1.54) is 0 Å². The summed E-state index contributed by atoms with van der Waals surface area (Å²) in [5.41, 5.74) is 6.79. The molecular formula is C20H23N7O2. The first-order valence-corrected chi connectivity index (χ1v) is 9.52. The van der Waals surface area contributed by atoms with Gasteiger partial charge in [-0.3, -0.25) is 9.59 Å². The molecule has 3 N–H and O–H groups in total. The van der Waals surface area contributed by atoms with E-state index in [4.69, 9.17) is 5.73 Å². The minimum Gasteiger partial charge on any atom is -0.365 e. The number of nitrogens with one attached hydrogen (secondary N) is 1. The van der Waals surface area contributed by atoms with E-state index in [1.54, 1.807) is 30.9 Å². The van der Waals surface area contributed by atoms with E-state index in [-0.39, 0.29) is 11.9 Å². The Bertz CT molecular complexity index is 961. The molecule has 0 radical (unpaired) electrons. The van der Waals surface area contributed by atoms with E-state index in [0.29, 0.717) is 44.0 Å². The fraction of sp³-hybridized carbons (Fsp3) is 0.300. The average molecular weight is 393 g/mol. The summed E-state index contributed by atoms with van der Waals surface area (Å²) in [5, 5.41) is 0. The number of hydrogen-bond acceptors (Lipinski definition) is 5. The van der Waals surface area contributed by atoms with Gasteiger partial charge in [0.2, 0.25) is 5.91 Å². The molecule has 150 valence electrons. The molecule has 1 aliphatic heterocycles. The number of aromatic nitrogens is 4. The molecule has 3 aromatic rings. The van der Waals surface area contributed by atoms with Gasteiger partial charge in [-0.25, -0.2) is 9.97 Å². The molecule has 1 atom stereocenters. The predicted octanol–water partition coefficient (Wildman–Crippen LogP) is 0.838. The zero-order chi connectivity index (χ0) is 20.2. The molecule has 4 rings (SSSR count). The summed E-state index contributed by atoms with van der Waals surface area (Å²) in [6, 6.07) is 6.86. The van der Waals surface area contributed by atoms with Crippen molar-refractivity contribution in [2.45, 2.75) is 12.5 Å². The van der Waals surface area contributed by atoms with Gasteiger partial charge >= 0.3 is 0 Å². The van der Waals surface area contributed by atoms with E-state index in [2.05, 4.69) is 15.0 Å². The van der Waals surface area contributed by atoms with Gasteiger partial charge in [-0.05, 0) is 24.3 Å². The number of imidazole rings is 1. The number of carbonyl (C=O) groups is 2. The highest BCUT2D eigenvalue weighted by molar-refractivity contribution is 5.97. The van der Waals surface area contributed by atoms with Crippen molar-refractivity contribution in [1.82, 2.24) is 24.4 Å². The number of rotatable bonds is 6. The van der Waals surface area contributed by atoms with Crippen molar-refractivity contribution in [2.75, 3.05) is 31.1 Å². The number of piperazine rings is 1. The smallest absolute Gasteiger partial charge is 0.252 e. The topological polar surface area (TPSA) is 113 Å². The Kier molecular flexibility index (Phi) is 5.28.